The smallest absolute Gasteiger partial charge is 0.0820 e. The summed E-state index contributed by atoms with van der Waals surface area (Å²) >= 11 is 0. The number of hydrogen-bond acceptors (Lipinski definition) is 1. The summed E-state index contributed by atoms with van der Waals surface area (Å²) in [7, 11) is 0. The maximum atomic E-state index is 7.86. The molecular weight excluding hydrogens is 88.1 g/mol. The molecule has 0 fully saturated rings. The van der Waals surface area contributed by atoms with Gasteiger partial charge < -0.3 is 5.11 Å². The molecule has 42 valence electrons. The van der Waals surface area contributed by atoms with Crippen LogP contribution in [0, 0.1) is 0 Å². The van der Waals surface area contributed by atoms with Crippen LogP contribution in [0.25, 0.3) is 0 Å². The van der Waals surface area contributed by atoms with Gasteiger partial charge in [-0.2, -0.15) is 0 Å². The van der Waals surface area contributed by atoms with E-state index in [-0.39, 0.29) is 5.76 Å². The quantitative estimate of drug-likeness (QED) is 0.365. The molecule has 0 bridgehead atoms. The first-order chi connectivity index (χ1) is 3.15. The molecule has 0 atom stereocenters. The molecule has 0 rings (SSSR count). The fourth-order valence-corrected chi connectivity index (χ4v) is 0. The van der Waals surface area contributed by atoms with Gasteiger partial charge >= 0.3 is 0 Å². The van der Waals surface area contributed by atoms with E-state index in [0.717, 1.165) is 0 Å². The predicted octanol–water partition coefficient (Wildman–Crippen LogP) is 2.27. The molecule has 0 aromatic carbocycles. The van der Waals surface area contributed by atoms with Crippen LogP contribution < -0.4 is 0 Å². The van der Waals surface area contributed by atoms with Gasteiger partial charge in [-0.15, -0.1) is 6.58 Å². The van der Waals surface area contributed by atoms with Crippen molar-refractivity contribution < 1.29 is 5.11 Å². The molecule has 0 aromatic rings. The van der Waals surface area contributed by atoms with Crippen molar-refractivity contribution in [2.45, 2.75) is 13.8 Å². The van der Waals surface area contributed by atoms with Gasteiger partial charge in [0.05, 0.1) is 5.76 Å². The second-order valence-electron chi connectivity index (χ2n) is 1.14. The average Bonchev–Trinajstić information content (AvgIpc) is 1.33. The van der Waals surface area contributed by atoms with Crippen molar-refractivity contribution in [1.82, 2.24) is 0 Å². The molecule has 0 spiro atoms. The van der Waals surface area contributed by atoms with Gasteiger partial charge in [-0.1, -0.05) is 12.7 Å². The van der Waals surface area contributed by atoms with E-state index >= 15 is 0 Å². The van der Waals surface area contributed by atoms with Gasteiger partial charge in [0.1, 0.15) is 0 Å². The Kier molecular flexibility index (Phi) is 12.3. The van der Waals surface area contributed by atoms with Gasteiger partial charge in [-0.3, -0.25) is 0 Å². The Morgan fingerprint density at radius 1 is 1.71 bits per heavy atom. The first kappa shape index (κ1) is 9.56. The van der Waals surface area contributed by atoms with Crippen molar-refractivity contribution >= 4 is 0 Å². The van der Waals surface area contributed by atoms with E-state index < -0.39 is 0 Å². The minimum Gasteiger partial charge on any atom is -0.513 e. The van der Waals surface area contributed by atoms with E-state index in [1.807, 2.05) is 6.92 Å². The highest BCUT2D eigenvalue weighted by Crippen LogP contribution is 1.66. The Hall–Kier alpha value is -0.720. The van der Waals surface area contributed by atoms with Crippen molar-refractivity contribution in [3.05, 3.63) is 25.0 Å². The molecule has 0 aliphatic carbocycles. The third-order valence-corrected chi connectivity index (χ3v) is 0. The zero-order chi connectivity index (χ0) is 6.28. The number of allylic oxidation sites excluding steroid dienone is 2. The van der Waals surface area contributed by atoms with Crippen molar-refractivity contribution in [2.75, 3.05) is 0 Å². The summed E-state index contributed by atoms with van der Waals surface area (Å²) in [6.07, 6.45) is 1.75. The van der Waals surface area contributed by atoms with E-state index in [0.29, 0.717) is 0 Å². The Bertz CT molecular complexity index is 51.2. The van der Waals surface area contributed by atoms with E-state index in [2.05, 4.69) is 13.2 Å². The second-order valence-corrected chi connectivity index (χ2v) is 1.14. The molecule has 1 nitrogen and oxygen atoms in total. The van der Waals surface area contributed by atoms with Crippen molar-refractivity contribution in [1.29, 1.82) is 0 Å². The third-order valence-electron chi connectivity index (χ3n) is 0. The highest BCUT2D eigenvalue weighted by atomic mass is 16.3. The van der Waals surface area contributed by atoms with Crippen LogP contribution in [0.4, 0.5) is 0 Å². The summed E-state index contributed by atoms with van der Waals surface area (Å²) in [6.45, 7) is 9.89. The lowest BCUT2D eigenvalue weighted by atomic mass is 10.7. The van der Waals surface area contributed by atoms with Crippen LogP contribution in [-0.2, 0) is 0 Å². The van der Waals surface area contributed by atoms with E-state index in [1.165, 1.54) is 6.92 Å². The number of aliphatic hydroxyl groups excluding tert-OH is 1. The van der Waals surface area contributed by atoms with Crippen molar-refractivity contribution in [3.8, 4) is 0 Å². The zero-order valence-electron chi connectivity index (χ0n) is 4.94. The fraction of sp³-hybridized carbons (Fsp3) is 0.333. The molecule has 0 unspecified atom stereocenters. The molecule has 0 radical (unpaired) electrons. The summed E-state index contributed by atoms with van der Waals surface area (Å²) in [5.74, 6) is 0.167. The lowest BCUT2D eigenvalue weighted by molar-refractivity contribution is 0.417. The average molecular weight is 100 g/mol. The Morgan fingerprint density at radius 2 is 1.71 bits per heavy atom. The normalized spacial score (nSPS) is 5.43. The summed E-state index contributed by atoms with van der Waals surface area (Å²) in [5.41, 5.74) is 0. The lowest BCUT2D eigenvalue weighted by Crippen LogP contribution is -1.54. The maximum Gasteiger partial charge on any atom is 0.0820 e. The molecule has 7 heavy (non-hydrogen) atoms. The molecule has 0 aromatic heterocycles. The monoisotopic (exact) mass is 100 g/mol. The third kappa shape index (κ3) is 110. The summed E-state index contributed by atoms with van der Waals surface area (Å²) < 4.78 is 0. The maximum absolute atomic E-state index is 7.86. The number of hydrogen-bond donors (Lipinski definition) is 1. The van der Waals surface area contributed by atoms with Crippen LogP contribution in [0.1, 0.15) is 13.8 Å². The molecule has 1 heteroatoms. The summed E-state index contributed by atoms with van der Waals surface area (Å²) in [5, 5.41) is 7.86. The molecule has 0 amide bonds. The van der Waals surface area contributed by atoms with Gasteiger partial charge in [-0.25, -0.2) is 0 Å². The standard InChI is InChI=1S/C3H6O.C3H6/c1-3(2)4;1-3-2/h4H,1H2,2H3;3H,1H2,2H3. The fourth-order valence-electron chi connectivity index (χ4n) is 0. The second kappa shape index (κ2) is 8.99. The topological polar surface area (TPSA) is 20.2 Å². The largest absolute Gasteiger partial charge is 0.513 e. The van der Waals surface area contributed by atoms with E-state index in [1.54, 1.807) is 6.08 Å². The highest BCUT2D eigenvalue weighted by molar-refractivity contribution is 4.67. The molecule has 0 saturated carbocycles. The van der Waals surface area contributed by atoms with Crippen LogP contribution in [0.5, 0.6) is 0 Å². The Labute approximate surface area is 45.0 Å². The summed E-state index contributed by atoms with van der Waals surface area (Å²) in [4.78, 5) is 0. The molecular formula is C6H12O. The van der Waals surface area contributed by atoms with Crippen LogP contribution in [0.3, 0.4) is 0 Å². The van der Waals surface area contributed by atoms with Gasteiger partial charge in [0.2, 0.25) is 0 Å². The SMILES string of the molecule is C=C(C)O.C=CC. The number of rotatable bonds is 0. The predicted molar refractivity (Wildman–Crippen MR) is 33.3 cm³/mol. The van der Waals surface area contributed by atoms with Gasteiger partial charge in [0.25, 0.3) is 0 Å². The highest BCUT2D eigenvalue weighted by Gasteiger charge is 1.53. The molecule has 0 aliphatic rings. The van der Waals surface area contributed by atoms with Crippen LogP contribution in [0.2, 0.25) is 0 Å². The first-order valence-electron chi connectivity index (χ1n) is 2.06. The molecule has 0 heterocycles. The first-order valence-corrected chi connectivity index (χ1v) is 2.06. The van der Waals surface area contributed by atoms with Crippen molar-refractivity contribution in [2.24, 2.45) is 0 Å². The van der Waals surface area contributed by atoms with Crippen LogP contribution in [-0.4, -0.2) is 5.11 Å². The lowest BCUT2D eigenvalue weighted by Gasteiger charge is -1.68. The van der Waals surface area contributed by atoms with E-state index in [4.69, 9.17) is 5.11 Å². The molecule has 1 N–H and O–H groups in total. The number of aliphatic hydroxyl groups is 1. The Balaban J connectivity index is 0. The van der Waals surface area contributed by atoms with Gasteiger partial charge in [0.15, 0.2) is 0 Å². The molecule has 0 aliphatic heterocycles. The van der Waals surface area contributed by atoms with E-state index in [9.17, 15) is 0 Å². The van der Waals surface area contributed by atoms with Gasteiger partial charge in [-0.05, 0) is 13.8 Å². The zero-order valence-corrected chi connectivity index (χ0v) is 4.94. The Morgan fingerprint density at radius 3 is 1.71 bits per heavy atom. The van der Waals surface area contributed by atoms with Crippen LogP contribution in [0.15, 0.2) is 25.0 Å². The summed E-state index contributed by atoms with van der Waals surface area (Å²) in [6, 6.07) is 0. The van der Waals surface area contributed by atoms with Crippen molar-refractivity contribution in [3.63, 3.8) is 0 Å². The minimum atomic E-state index is 0.167. The van der Waals surface area contributed by atoms with Gasteiger partial charge in [0, 0.05) is 0 Å². The van der Waals surface area contributed by atoms with Crippen LogP contribution >= 0.6 is 0 Å². The molecule has 0 saturated heterocycles. The minimum absolute atomic E-state index is 0.167.